The van der Waals surface area contributed by atoms with Crippen molar-refractivity contribution in [2.75, 3.05) is 28.2 Å². The van der Waals surface area contributed by atoms with Gasteiger partial charge in [0.1, 0.15) is 35.6 Å². The molecule has 74 heavy (non-hydrogen) atoms. The maximum absolute atomic E-state index is 14.4. The second-order valence-corrected chi connectivity index (χ2v) is 22.1. The van der Waals surface area contributed by atoms with E-state index in [1.54, 1.807) is 13.8 Å². The van der Waals surface area contributed by atoms with Gasteiger partial charge in [-0.2, -0.15) is 0 Å². The van der Waals surface area contributed by atoms with Gasteiger partial charge in [-0.05, 0) is 94.6 Å². The van der Waals surface area contributed by atoms with Gasteiger partial charge in [0.2, 0.25) is 5.78 Å². The van der Waals surface area contributed by atoms with E-state index in [4.69, 9.17) is 47.4 Å². The molecule has 20 atom stereocenters. The quantitative estimate of drug-likeness (QED) is 0.126. The molecule has 5 aliphatic heterocycles. The van der Waals surface area contributed by atoms with Gasteiger partial charge in [-0.1, -0.05) is 19.1 Å². The number of fused-ring (bicyclic) bond motifs is 3. The zero-order valence-corrected chi connectivity index (χ0v) is 44.2. The summed E-state index contributed by atoms with van der Waals surface area (Å²) in [6.45, 7) is 11.0. The van der Waals surface area contributed by atoms with Gasteiger partial charge in [-0.3, -0.25) is 9.59 Å². The maximum Gasteiger partial charge on any atom is 0.202 e. The lowest BCUT2D eigenvalue weighted by molar-refractivity contribution is -0.322. The van der Waals surface area contributed by atoms with E-state index >= 15 is 0 Å². The molecule has 2 aromatic rings. The molecule has 2 aliphatic carbocycles. The smallest absolute Gasteiger partial charge is 0.202 e. The molecule has 20 nitrogen and oxygen atoms in total. The van der Waals surface area contributed by atoms with Gasteiger partial charge in [-0.15, -0.1) is 0 Å². The van der Waals surface area contributed by atoms with Gasteiger partial charge in [0.25, 0.3) is 0 Å². The van der Waals surface area contributed by atoms with Crippen LogP contribution in [0.5, 0.6) is 17.2 Å². The first-order valence-electron chi connectivity index (χ1n) is 26.6. The number of aliphatic hydroxyl groups is 3. The summed E-state index contributed by atoms with van der Waals surface area (Å²) in [5, 5.41) is 69.4. The molecule has 0 spiro atoms. The summed E-state index contributed by atoms with van der Waals surface area (Å²) in [4.78, 5) is 32.9. The van der Waals surface area contributed by atoms with Gasteiger partial charge in [0.15, 0.2) is 37.2 Å². The van der Waals surface area contributed by atoms with Crippen LogP contribution in [-0.2, 0) is 47.4 Å². The Hall–Kier alpha value is -3.42. The summed E-state index contributed by atoms with van der Waals surface area (Å²) in [5.41, 5.74) is -3.54. The SMILES string of the molecule is CC[C@]1(O)C[C@H](O[C@H]2C[C@@H](N(C)C)[C@@H](O[C@@H]3CC[C@@H](O)[C@@H](C)O3)[C@@H](C)O2)c2c(O)c3c(c(O)c2[C@H]1O[C@H]1C[C@@H](N(C)C)[C@@H](O[C@@H]2CC[C@H](O[C@@H]4CC[C@@H](O)[C@@H](C)O4)[C@@H](C)O2)[C@@H](C)O1)C(=O)c1cccc(O)c1C3=O. The van der Waals surface area contributed by atoms with Crippen molar-refractivity contribution in [3.8, 4) is 17.2 Å². The van der Waals surface area contributed by atoms with Crippen molar-refractivity contribution in [3.63, 3.8) is 0 Å². The summed E-state index contributed by atoms with van der Waals surface area (Å²) in [5.74, 6) is -3.51. The Kier molecular flexibility index (Phi) is 16.6. The number of likely N-dealkylation sites (N-methyl/N-ethyl adjacent to an activating group) is 2. The number of carbonyl (C=O) groups excluding carboxylic acids is 2. The number of aliphatic hydroxyl groups excluding tert-OH is 2. The number of rotatable bonds is 13. The van der Waals surface area contributed by atoms with Crippen molar-refractivity contribution in [2.24, 2.45) is 0 Å². The minimum absolute atomic E-state index is 0.0470. The van der Waals surface area contributed by atoms with Crippen LogP contribution in [0.3, 0.4) is 0 Å². The lowest BCUT2D eigenvalue weighted by atomic mass is 9.70. The third kappa shape index (κ3) is 10.6. The molecule has 5 fully saturated rings. The molecule has 20 heteroatoms. The van der Waals surface area contributed by atoms with Crippen LogP contribution in [0, 0.1) is 0 Å². The standard InChI is InChI=1S/C54H78N2O18/c1-11-54(64)23-36(71-40-21-30(55(7)8)51(27(5)68-40)72-38-19-16-33(58)25(3)66-38)43-46(50(63)44-45(49(43)62)48(61)42-29(47(44)60)13-12-14-34(42)59)53(54)74-41-22-31(56(9)10)52(28(6)69-41)73-39-20-17-35(26(4)67-39)70-37-18-15-32(57)24(2)65-37/h12-14,24-28,30-33,35-41,51-53,57-59,62-64H,11,15-23H2,1-10H3/t24-,25-,26-,27-,28-,30-,31-,32-,33-,35+,36+,37-,38-,39-,40+,41+,51+,52+,53-,54+/m1/s1. The number of aromatic hydroxyl groups is 3. The maximum atomic E-state index is 14.4. The Balaban J connectivity index is 0.993. The summed E-state index contributed by atoms with van der Waals surface area (Å²) < 4.78 is 64.7. The topological polar surface area (TPSA) is 254 Å². The fourth-order valence-electron chi connectivity index (χ4n) is 12.3. The minimum Gasteiger partial charge on any atom is -0.507 e. The van der Waals surface area contributed by atoms with E-state index < -0.39 is 132 Å². The van der Waals surface area contributed by atoms with E-state index in [-0.39, 0.29) is 78.3 Å². The number of phenols is 3. The fraction of sp³-hybridized carbons (Fsp3) is 0.741. The average Bonchev–Trinajstić information content (AvgIpc) is 3.34. The van der Waals surface area contributed by atoms with Crippen LogP contribution < -0.4 is 0 Å². The van der Waals surface area contributed by atoms with E-state index in [1.807, 2.05) is 65.7 Å². The third-order valence-electron chi connectivity index (χ3n) is 16.7. The first-order valence-corrected chi connectivity index (χ1v) is 26.6. The summed E-state index contributed by atoms with van der Waals surface area (Å²) >= 11 is 0. The molecule has 0 bridgehead atoms. The second kappa shape index (κ2) is 22.1. The Bertz CT molecular complexity index is 2350. The van der Waals surface area contributed by atoms with Crippen molar-refractivity contribution in [1.82, 2.24) is 9.80 Å². The van der Waals surface area contributed by atoms with Crippen molar-refractivity contribution in [3.05, 3.63) is 51.6 Å². The van der Waals surface area contributed by atoms with Crippen LogP contribution in [0.15, 0.2) is 18.2 Å². The Labute approximate surface area is 433 Å². The number of nitrogens with zero attached hydrogens (tertiary/aromatic N) is 2. The Morgan fingerprint density at radius 2 is 1.07 bits per heavy atom. The van der Waals surface area contributed by atoms with Gasteiger partial charge >= 0.3 is 0 Å². The molecule has 2 aromatic carbocycles. The molecule has 0 radical (unpaired) electrons. The van der Waals surface area contributed by atoms with Crippen LogP contribution in [0.2, 0.25) is 0 Å². The highest BCUT2D eigenvalue weighted by atomic mass is 16.7. The molecule has 5 heterocycles. The highest BCUT2D eigenvalue weighted by Crippen LogP contribution is 2.58. The van der Waals surface area contributed by atoms with Gasteiger partial charge in [-0.25, -0.2) is 0 Å². The minimum atomic E-state index is -1.83. The van der Waals surface area contributed by atoms with Gasteiger partial charge < -0.3 is 87.8 Å². The first kappa shape index (κ1) is 55.3. The molecule has 0 amide bonds. The zero-order chi connectivity index (χ0) is 53.2. The predicted molar refractivity (Wildman–Crippen MR) is 262 cm³/mol. The number of ketones is 2. The summed E-state index contributed by atoms with van der Waals surface area (Å²) in [6, 6.07) is 3.44. The zero-order valence-electron chi connectivity index (χ0n) is 44.2. The van der Waals surface area contributed by atoms with Crippen molar-refractivity contribution in [2.45, 2.75) is 228 Å². The predicted octanol–water partition coefficient (Wildman–Crippen LogP) is 4.82. The lowest BCUT2D eigenvalue weighted by Gasteiger charge is -2.50. The van der Waals surface area contributed by atoms with Crippen LogP contribution in [0.25, 0.3) is 0 Å². The molecule has 412 valence electrons. The normalized spacial score (nSPS) is 40.7. The lowest BCUT2D eigenvalue weighted by Crippen LogP contribution is -2.57. The van der Waals surface area contributed by atoms with Crippen LogP contribution in [0.4, 0.5) is 0 Å². The molecule has 0 saturated carbocycles. The second-order valence-electron chi connectivity index (χ2n) is 22.1. The molecule has 0 aromatic heterocycles. The summed E-state index contributed by atoms with van der Waals surface area (Å²) in [7, 11) is 7.65. The average molecular weight is 1040 g/mol. The third-order valence-corrected chi connectivity index (χ3v) is 16.7. The monoisotopic (exact) mass is 1040 g/mol. The largest absolute Gasteiger partial charge is 0.507 e. The number of phenolic OH excluding ortho intramolecular Hbond substituents is 3. The van der Waals surface area contributed by atoms with Gasteiger partial charge in [0.05, 0.1) is 77.2 Å². The summed E-state index contributed by atoms with van der Waals surface area (Å²) in [6.07, 6.45) is -7.10. The van der Waals surface area contributed by atoms with Crippen molar-refractivity contribution in [1.29, 1.82) is 0 Å². The molecular weight excluding hydrogens is 965 g/mol. The Morgan fingerprint density at radius 1 is 0.581 bits per heavy atom. The van der Waals surface area contributed by atoms with Crippen LogP contribution in [-0.4, -0.2) is 190 Å². The number of benzene rings is 2. The van der Waals surface area contributed by atoms with E-state index in [0.29, 0.717) is 38.5 Å². The number of hydrogen-bond acceptors (Lipinski definition) is 20. The first-order chi connectivity index (χ1) is 35.1. The highest BCUT2D eigenvalue weighted by molar-refractivity contribution is 6.31. The molecular formula is C54H78N2O18. The van der Waals surface area contributed by atoms with Crippen LogP contribution >= 0.6 is 0 Å². The molecule has 6 N–H and O–H groups in total. The van der Waals surface area contributed by atoms with E-state index in [2.05, 4.69) is 0 Å². The van der Waals surface area contributed by atoms with Gasteiger partial charge in [0, 0.05) is 67.3 Å². The van der Waals surface area contributed by atoms with E-state index in [9.17, 15) is 40.2 Å². The number of hydrogen-bond donors (Lipinski definition) is 6. The molecule has 0 unspecified atom stereocenters. The number of ether oxygens (including phenoxy) is 10. The fourth-order valence-corrected chi connectivity index (χ4v) is 12.3. The molecule has 7 aliphatic rings. The van der Waals surface area contributed by atoms with Crippen LogP contribution in [0.1, 0.15) is 161 Å². The molecule has 9 rings (SSSR count). The van der Waals surface area contributed by atoms with E-state index in [1.165, 1.54) is 18.2 Å². The molecule has 5 saturated heterocycles. The highest BCUT2D eigenvalue weighted by Gasteiger charge is 2.55. The van der Waals surface area contributed by atoms with Crippen molar-refractivity contribution < 1.29 is 87.6 Å². The van der Waals surface area contributed by atoms with Crippen molar-refractivity contribution >= 4 is 11.6 Å². The Morgan fingerprint density at radius 3 is 1.59 bits per heavy atom. The van der Waals surface area contributed by atoms with E-state index in [0.717, 1.165) is 0 Å². The number of carbonyl (C=O) groups is 2.